The van der Waals surface area contributed by atoms with E-state index in [1.807, 2.05) is 27.7 Å². The minimum Gasteiger partial charge on any atom is -0.598 e. The molecule has 8 heteroatoms. The predicted octanol–water partition coefficient (Wildman–Crippen LogP) is 2.86. The summed E-state index contributed by atoms with van der Waals surface area (Å²) in [6.07, 6.45) is 0.0909. The minimum absolute atomic E-state index is 0.187. The topological polar surface area (TPSA) is 90.7 Å². The Morgan fingerprint density at radius 1 is 1.54 bits per heavy atom. The lowest BCUT2D eigenvalue weighted by Gasteiger charge is -2.29. The second-order valence-electron chi connectivity index (χ2n) is 7.65. The van der Waals surface area contributed by atoms with Crippen LogP contribution >= 0.6 is 0 Å². The molecule has 0 aliphatic carbocycles. The van der Waals surface area contributed by atoms with Gasteiger partial charge in [0.1, 0.15) is 10.6 Å². The molecule has 1 saturated heterocycles. The van der Waals surface area contributed by atoms with Gasteiger partial charge < -0.3 is 19.9 Å². The molecule has 26 heavy (non-hydrogen) atoms. The number of ether oxygens (including phenoxy) is 1. The van der Waals surface area contributed by atoms with E-state index in [1.165, 1.54) is 12.1 Å². The molecule has 3 N–H and O–H groups in total. The summed E-state index contributed by atoms with van der Waals surface area (Å²) >= 11 is -1.26. The Kier molecular flexibility index (Phi) is 6.76. The van der Waals surface area contributed by atoms with Crippen LogP contribution in [-0.2, 0) is 16.1 Å². The van der Waals surface area contributed by atoms with Crippen molar-refractivity contribution in [2.75, 3.05) is 24.6 Å². The maximum atomic E-state index is 13.9. The maximum Gasteiger partial charge on any atom is 0.404 e. The molecule has 1 aromatic carbocycles. The first kappa shape index (κ1) is 20.8. The van der Waals surface area contributed by atoms with E-state index in [2.05, 4.69) is 9.62 Å². The first-order chi connectivity index (χ1) is 12.1. The molecule has 0 aromatic heterocycles. The zero-order chi connectivity index (χ0) is 19.5. The van der Waals surface area contributed by atoms with Gasteiger partial charge >= 0.3 is 6.09 Å². The average molecular weight is 386 g/mol. The SMILES string of the molecule is CC(N[S+]([O-])C(C)(C)C)c1cc(F)ccc1N1CC[C@H](COC(N)=O)C1. The van der Waals surface area contributed by atoms with Gasteiger partial charge in [0.15, 0.2) is 0 Å². The smallest absolute Gasteiger partial charge is 0.404 e. The average Bonchev–Trinajstić information content (AvgIpc) is 3.00. The summed E-state index contributed by atoms with van der Waals surface area (Å²) in [6.45, 7) is 9.30. The second-order valence-corrected chi connectivity index (χ2v) is 9.65. The number of hydrogen-bond acceptors (Lipinski definition) is 5. The van der Waals surface area contributed by atoms with E-state index in [1.54, 1.807) is 6.07 Å². The van der Waals surface area contributed by atoms with E-state index in [4.69, 9.17) is 10.5 Å². The molecule has 1 aliphatic heterocycles. The molecule has 2 rings (SSSR count). The van der Waals surface area contributed by atoms with Crippen LogP contribution in [0.3, 0.4) is 0 Å². The Balaban J connectivity index is 2.14. The number of anilines is 1. The van der Waals surface area contributed by atoms with E-state index in [-0.39, 0.29) is 24.4 Å². The van der Waals surface area contributed by atoms with Crippen molar-refractivity contribution in [3.05, 3.63) is 29.6 Å². The fourth-order valence-electron chi connectivity index (χ4n) is 2.95. The van der Waals surface area contributed by atoms with Crippen LogP contribution in [0.4, 0.5) is 14.9 Å². The largest absolute Gasteiger partial charge is 0.598 e. The summed E-state index contributed by atoms with van der Waals surface area (Å²) < 4.78 is 33.8. The molecule has 6 nitrogen and oxygen atoms in total. The van der Waals surface area contributed by atoms with Crippen LogP contribution in [0.2, 0.25) is 0 Å². The van der Waals surface area contributed by atoms with Gasteiger partial charge in [-0.1, -0.05) is 0 Å². The monoisotopic (exact) mass is 385 g/mol. The second kappa shape index (κ2) is 8.45. The molecule has 2 unspecified atom stereocenters. The summed E-state index contributed by atoms with van der Waals surface area (Å²) in [7, 11) is 0. The van der Waals surface area contributed by atoms with Gasteiger partial charge in [0, 0.05) is 36.1 Å². The molecule has 1 aliphatic rings. The zero-order valence-electron chi connectivity index (χ0n) is 15.8. The highest BCUT2D eigenvalue weighted by Gasteiger charge is 2.31. The zero-order valence-corrected chi connectivity index (χ0v) is 16.6. The highest BCUT2D eigenvalue weighted by molar-refractivity contribution is 7.90. The first-order valence-electron chi connectivity index (χ1n) is 8.72. The van der Waals surface area contributed by atoms with E-state index in [0.29, 0.717) is 6.54 Å². The molecule has 146 valence electrons. The molecule has 1 aromatic rings. The number of hydrogen-bond donors (Lipinski definition) is 2. The fourth-order valence-corrected chi connectivity index (χ4v) is 3.75. The fraction of sp³-hybridized carbons (Fsp3) is 0.611. The van der Waals surface area contributed by atoms with Crippen LogP contribution in [-0.4, -0.2) is 35.1 Å². The predicted molar refractivity (Wildman–Crippen MR) is 102 cm³/mol. The number of rotatable bonds is 6. The molecule has 0 radical (unpaired) electrons. The standard InChI is InChI=1S/C18H28FN3O3S/c1-12(21-26(24)18(2,3)4)15-9-14(19)5-6-16(15)22-8-7-13(10-22)11-25-17(20)23/h5-6,9,12-13,21H,7-8,10-11H2,1-4H3,(H2,20,23)/t12?,13-,26?/m0/s1. The van der Waals surface area contributed by atoms with Gasteiger partial charge in [-0.15, -0.1) is 4.72 Å². The van der Waals surface area contributed by atoms with Crippen LogP contribution in [0.1, 0.15) is 45.7 Å². The highest BCUT2D eigenvalue weighted by atomic mass is 32.2. The summed E-state index contributed by atoms with van der Waals surface area (Å²) in [5.74, 6) is -0.140. The van der Waals surface area contributed by atoms with Crippen molar-refractivity contribution in [2.24, 2.45) is 11.7 Å². The van der Waals surface area contributed by atoms with Gasteiger partial charge in [-0.2, -0.15) is 0 Å². The minimum atomic E-state index is -1.26. The van der Waals surface area contributed by atoms with E-state index < -0.39 is 22.2 Å². The molecule has 1 amide bonds. The van der Waals surface area contributed by atoms with Crippen molar-refractivity contribution in [2.45, 2.75) is 44.9 Å². The third kappa shape index (κ3) is 5.49. The Morgan fingerprint density at radius 2 is 2.23 bits per heavy atom. The van der Waals surface area contributed by atoms with Gasteiger partial charge in [-0.05, 0) is 57.9 Å². The Bertz CT molecular complexity index is 639. The van der Waals surface area contributed by atoms with Crippen LogP contribution in [0.15, 0.2) is 18.2 Å². The lowest BCUT2D eigenvalue weighted by Crippen LogP contribution is -2.41. The van der Waals surface area contributed by atoms with Gasteiger partial charge in [0.25, 0.3) is 0 Å². The summed E-state index contributed by atoms with van der Waals surface area (Å²) in [4.78, 5) is 12.9. The molecule has 1 heterocycles. The molecule has 3 atom stereocenters. The number of nitrogens with zero attached hydrogens (tertiary/aromatic N) is 1. The summed E-state index contributed by atoms with van der Waals surface area (Å²) in [6, 6.07) is 4.39. The first-order valence-corrected chi connectivity index (χ1v) is 9.87. The number of amides is 1. The molecular weight excluding hydrogens is 357 g/mol. The van der Waals surface area contributed by atoms with Crippen LogP contribution in [0.25, 0.3) is 0 Å². The van der Waals surface area contributed by atoms with Gasteiger partial charge in [0.2, 0.25) is 0 Å². The highest BCUT2D eigenvalue weighted by Crippen LogP contribution is 2.32. The van der Waals surface area contributed by atoms with Crippen molar-refractivity contribution in [1.82, 2.24) is 4.72 Å². The van der Waals surface area contributed by atoms with Crippen molar-refractivity contribution in [3.63, 3.8) is 0 Å². The summed E-state index contributed by atoms with van der Waals surface area (Å²) in [5.41, 5.74) is 6.69. The lowest BCUT2D eigenvalue weighted by atomic mass is 10.1. The summed E-state index contributed by atoms with van der Waals surface area (Å²) in [5, 5.41) is 0. The van der Waals surface area contributed by atoms with Crippen LogP contribution in [0, 0.1) is 11.7 Å². The number of benzene rings is 1. The van der Waals surface area contributed by atoms with Crippen molar-refractivity contribution < 1.29 is 18.5 Å². The van der Waals surface area contributed by atoms with Crippen LogP contribution in [0.5, 0.6) is 0 Å². The van der Waals surface area contributed by atoms with E-state index in [9.17, 15) is 13.7 Å². The Morgan fingerprint density at radius 3 is 2.85 bits per heavy atom. The molecule has 0 bridgehead atoms. The van der Waals surface area contributed by atoms with Gasteiger partial charge in [-0.25, -0.2) is 9.18 Å². The van der Waals surface area contributed by atoms with E-state index >= 15 is 0 Å². The van der Waals surface area contributed by atoms with Crippen LogP contribution < -0.4 is 15.4 Å². The van der Waals surface area contributed by atoms with Crippen molar-refractivity contribution in [1.29, 1.82) is 0 Å². The molecular formula is C18H28FN3O3S. The molecule has 0 saturated carbocycles. The number of carbonyl (C=O) groups excluding carboxylic acids is 1. The number of carbonyl (C=O) groups is 1. The normalized spacial score (nSPS) is 20.1. The number of primary amides is 1. The number of halogens is 1. The Hall–Kier alpha value is -1.51. The molecule has 0 spiro atoms. The third-order valence-electron chi connectivity index (χ3n) is 4.38. The van der Waals surface area contributed by atoms with Crippen molar-refractivity contribution in [3.8, 4) is 0 Å². The lowest BCUT2D eigenvalue weighted by molar-refractivity contribution is 0.140. The number of nitrogens with two attached hydrogens (primary N) is 1. The van der Waals surface area contributed by atoms with Gasteiger partial charge in [0.05, 0.1) is 12.6 Å². The van der Waals surface area contributed by atoms with Gasteiger partial charge in [-0.3, -0.25) is 0 Å². The van der Waals surface area contributed by atoms with Crippen molar-refractivity contribution >= 4 is 23.1 Å². The number of nitrogens with one attached hydrogen (secondary N) is 1. The quantitative estimate of drug-likeness (QED) is 0.735. The molecule has 1 fully saturated rings. The Labute approximate surface area is 157 Å². The maximum absolute atomic E-state index is 13.9. The third-order valence-corrected chi connectivity index (χ3v) is 6.06. The van der Waals surface area contributed by atoms with E-state index in [0.717, 1.165) is 24.2 Å².